The summed E-state index contributed by atoms with van der Waals surface area (Å²) in [4.78, 5) is 8.62. The van der Waals surface area contributed by atoms with Crippen LogP contribution < -0.4 is 5.84 Å². The maximum Gasteiger partial charge on any atom is 0.0717 e. The number of aromatic nitrogens is 2. The lowest BCUT2D eigenvalue weighted by Crippen LogP contribution is -2.29. The summed E-state index contributed by atoms with van der Waals surface area (Å²) >= 11 is 0. The van der Waals surface area contributed by atoms with E-state index in [-0.39, 0.29) is 5.41 Å². The van der Waals surface area contributed by atoms with Gasteiger partial charge in [0.05, 0.1) is 22.6 Å². The maximum absolute atomic E-state index is 5.74. The van der Waals surface area contributed by atoms with Gasteiger partial charge in [0.2, 0.25) is 0 Å². The number of para-hydroxylation sites is 1. The van der Waals surface area contributed by atoms with E-state index in [1.165, 1.54) is 10.8 Å². The Kier molecular flexibility index (Phi) is 2.98. The number of hydrazone groups is 1. The molecule has 0 fully saturated rings. The average molecular weight is 306 g/mol. The molecule has 2 aromatic heterocycles. The first-order valence-corrected chi connectivity index (χ1v) is 8.23. The smallest absolute Gasteiger partial charge is 0.0717 e. The number of pyridine rings is 1. The minimum absolute atomic E-state index is 0.142. The zero-order valence-electron chi connectivity index (χ0n) is 13.9. The molecule has 3 N–H and O–H groups in total. The lowest BCUT2D eigenvalue weighted by molar-refractivity contribution is 0.367. The van der Waals surface area contributed by atoms with Gasteiger partial charge in [0.15, 0.2) is 0 Å². The Bertz CT molecular complexity index is 947. The summed E-state index contributed by atoms with van der Waals surface area (Å²) in [6.07, 6.45) is 2.76. The molecule has 1 aromatic carbocycles. The van der Waals surface area contributed by atoms with Crippen LogP contribution in [0.15, 0.2) is 29.4 Å². The number of hydrogen-bond donors (Lipinski definition) is 2. The first-order chi connectivity index (χ1) is 11.0. The van der Waals surface area contributed by atoms with Crippen molar-refractivity contribution >= 4 is 27.5 Å². The zero-order valence-corrected chi connectivity index (χ0v) is 13.9. The number of benzene rings is 1. The van der Waals surface area contributed by atoms with E-state index in [1.807, 2.05) is 0 Å². The molecule has 4 nitrogen and oxygen atoms in total. The Morgan fingerprint density at radius 3 is 2.78 bits per heavy atom. The van der Waals surface area contributed by atoms with Gasteiger partial charge in [-0.25, -0.2) is 0 Å². The first kappa shape index (κ1) is 14.2. The molecule has 4 rings (SSSR count). The quantitative estimate of drug-likeness (QED) is 0.528. The molecule has 2 heterocycles. The highest BCUT2D eigenvalue weighted by atomic mass is 15.1. The summed E-state index contributed by atoms with van der Waals surface area (Å²) in [7, 11) is 0. The summed E-state index contributed by atoms with van der Waals surface area (Å²) < 4.78 is 0. The Morgan fingerprint density at radius 1 is 1.26 bits per heavy atom. The van der Waals surface area contributed by atoms with Crippen LogP contribution in [0.4, 0.5) is 0 Å². The molecule has 0 spiro atoms. The van der Waals surface area contributed by atoms with Crippen molar-refractivity contribution in [3.05, 3.63) is 41.2 Å². The van der Waals surface area contributed by atoms with E-state index >= 15 is 0 Å². The number of nitrogens with two attached hydrogens (primary N) is 1. The van der Waals surface area contributed by atoms with Crippen molar-refractivity contribution in [2.24, 2.45) is 16.4 Å². The monoisotopic (exact) mass is 306 g/mol. The standard InChI is InChI=1S/C19H22N4/c1-4-12-16-11-7-5-6-8-13(11)22-18(16)17-14(21-12)9-19(2,3)10-15(17)23-20/h5-8,22H,4,9-10,20H2,1-3H3/b23-15-. The van der Waals surface area contributed by atoms with Gasteiger partial charge in [-0.1, -0.05) is 39.0 Å². The summed E-state index contributed by atoms with van der Waals surface area (Å²) in [6, 6.07) is 8.42. The van der Waals surface area contributed by atoms with E-state index in [0.29, 0.717) is 0 Å². The van der Waals surface area contributed by atoms with Crippen molar-refractivity contribution in [1.82, 2.24) is 9.97 Å². The van der Waals surface area contributed by atoms with Crippen molar-refractivity contribution in [2.75, 3.05) is 0 Å². The number of fused-ring (bicyclic) bond motifs is 5. The SMILES string of the molecule is CCc1nc2c(c3[nH]c4ccccc4c13)/C(=N\N)CC(C)(C)C2. The minimum atomic E-state index is 0.142. The number of nitrogens with one attached hydrogen (secondary N) is 1. The van der Waals surface area contributed by atoms with Gasteiger partial charge in [-0.2, -0.15) is 5.10 Å². The predicted octanol–water partition coefficient (Wildman–Crippen LogP) is 3.91. The molecule has 3 aromatic rings. The Labute approximate surface area is 135 Å². The largest absolute Gasteiger partial charge is 0.354 e. The number of rotatable bonds is 1. The van der Waals surface area contributed by atoms with Gasteiger partial charge in [-0.3, -0.25) is 4.98 Å². The Morgan fingerprint density at radius 2 is 2.04 bits per heavy atom. The molecule has 0 bridgehead atoms. The predicted molar refractivity (Wildman–Crippen MR) is 95.8 cm³/mol. The summed E-state index contributed by atoms with van der Waals surface area (Å²) in [5.74, 6) is 5.74. The van der Waals surface area contributed by atoms with Crippen LogP contribution in [0, 0.1) is 5.41 Å². The Hall–Kier alpha value is -2.36. The highest BCUT2D eigenvalue weighted by molar-refractivity contribution is 6.18. The van der Waals surface area contributed by atoms with Crippen molar-refractivity contribution in [1.29, 1.82) is 0 Å². The molecule has 118 valence electrons. The van der Waals surface area contributed by atoms with E-state index < -0.39 is 0 Å². The summed E-state index contributed by atoms with van der Waals surface area (Å²) in [5, 5.41) is 6.57. The van der Waals surface area contributed by atoms with Gasteiger partial charge in [0.1, 0.15) is 0 Å². The van der Waals surface area contributed by atoms with E-state index in [9.17, 15) is 0 Å². The van der Waals surface area contributed by atoms with Crippen LogP contribution in [-0.4, -0.2) is 15.7 Å². The molecule has 1 aliphatic carbocycles. The molecule has 1 aliphatic rings. The van der Waals surface area contributed by atoms with Crippen LogP contribution in [0.5, 0.6) is 0 Å². The van der Waals surface area contributed by atoms with Crippen molar-refractivity contribution in [2.45, 2.75) is 40.0 Å². The molecule has 0 atom stereocenters. The zero-order chi connectivity index (χ0) is 16.2. The van der Waals surface area contributed by atoms with Crippen LogP contribution in [-0.2, 0) is 12.8 Å². The molecule has 0 unspecified atom stereocenters. The van der Waals surface area contributed by atoms with Gasteiger partial charge in [-0.05, 0) is 30.7 Å². The van der Waals surface area contributed by atoms with E-state index in [0.717, 1.165) is 53.0 Å². The molecule has 4 heteroatoms. The number of H-pyrrole nitrogens is 1. The van der Waals surface area contributed by atoms with Crippen molar-refractivity contribution in [3.8, 4) is 0 Å². The topological polar surface area (TPSA) is 67.1 Å². The summed E-state index contributed by atoms with van der Waals surface area (Å²) in [6.45, 7) is 6.68. The molecule has 0 radical (unpaired) electrons. The molecular formula is C19H22N4. The van der Waals surface area contributed by atoms with Gasteiger partial charge < -0.3 is 10.8 Å². The van der Waals surface area contributed by atoms with Gasteiger partial charge in [0.25, 0.3) is 0 Å². The number of aromatic amines is 1. The normalized spacial score (nSPS) is 18.7. The lowest BCUT2D eigenvalue weighted by atomic mass is 9.74. The highest BCUT2D eigenvalue weighted by Gasteiger charge is 2.33. The third-order valence-electron chi connectivity index (χ3n) is 4.87. The first-order valence-electron chi connectivity index (χ1n) is 8.23. The van der Waals surface area contributed by atoms with E-state index in [4.69, 9.17) is 10.8 Å². The highest BCUT2D eigenvalue weighted by Crippen LogP contribution is 2.39. The Balaban J connectivity index is 2.16. The molecule has 0 saturated heterocycles. The molecule has 0 saturated carbocycles. The third-order valence-corrected chi connectivity index (χ3v) is 4.87. The third kappa shape index (κ3) is 2.05. The second kappa shape index (κ2) is 4.82. The van der Waals surface area contributed by atoms with Crippen LogP contribution in [0.2, 0.25) is 0 Å². The van der Waals surface area contributed by atoms with Crippen LogP contribution in [0.25, 0.3) is 21.8 Å². The second-order valence-corrected chi connectivity index (χ2v) is 7.25. The number of aryl methyl sites for hydroxylation is 1. The van der Waals surface area contributed by atoms with E-state index in [1.54, 1.807) is 0 Å². The fourth-order valence-electron chi connectivity index (χ4n) is 3.91. The molecule has 0 aliphatic heterocycles. The number of hydrogen-bond acceptors (Lipinski definition) is 3. The fraction of sp³-hybridized carbons (Fsp3) is 0.368. The van der Waals surface area contributed by atoms with Gasteiger partial charge in [0, 0.05) is 21.9 Å². The van der Waals surface area contributed by atoms with E-state index in [2.05, 4.69) is 55.1 Å². The van der Waals surface area contributed by atoms with Crippen LogP contribution in [0.3, 0.4) is 0 Å². The van der Waals surface area contributed by atoms with Gasteiger partial charge >= 0.3 is 0 Å². The van der Waals surface area contributed by atoms with Crippen LogP contribution >= 0.6 is 0 Å². The van der Waals surface area contributed by atoms with Crippen molar-refractivity contribution in [3.63, 3.8) is 0 Å². The summed E-state index contributed by atoms with van der Waals surface area (Å²) in [5.41, 5.74) is 6.80. The lowest BCUT2D eigenvalue weighted by Gasteiger charge is -2.31. The van der Waals surface area contributed by atoms with Gasteiger partial charge in [-0.15, -0.1) is 0 Å². The molecular weight excluding hydrogens is 284 g/mol. The molecule has 23 heavy (non-hydrogen) atoms. The number of nitrogens with zero attached hydrogens (tertiary/aromatic N) is 2. The fourth-order valence-corrected chi connectivity index (χ4v) is 3.91. The maximum atomic E-state index is 5.74. The second-order valence-electron chi connectivity index (χ2n) is 7.25. The van der Waals surface area contributed by atoms with Crippen molar-refractivity contribution < 1.29 is 0 Å². The molecule has 0 amide bonds. The van der Waals surface area contributed by atoms with Crippen LogP contribution in [0.1, 0.15) is 44.1 Å². The average Bonchev–Trinajstić information content (AvgIpc) is 2.91. The minimum Gasteiger partial charge on any atom is -0.354 e.